The van der Waals surface area contributed by atoms with Gasteiger partial charge in [0.05, 0.1) is 29.5 Å². The van der Waals surface area contributed by atoms with E-state index in [-0.39, 0.29) is 55.5 Å². The Bertz CT molecular complexity index is 3660. The van der Waals surface area contributed by atoms with Gasteiger partial charge in [-0.05, 0) is 154 Å². The van der Waals surface area contributed by atoms with Gasteiger partial charge in [-0.2, -0.15) is 26.3 Å². The number of nitrogens with zero attached hydrogens (tertiary/aromatic N) is 7. The lowest BCUT2D eigenvalue weighted by Gasteiger charge is -2.44. The molecule has 6 aromatic carbocycles. The predicted molar refractivity (Wildman–Crippen MR) is 359 cm³/mol. The summed E-state index contributed by atoms with van der Waals surface area (Å²) in [6.45, 7) is 5.93. The smallest absolute Gasteiger partial charge is 0.416 e. The van der Waals surface area contributed by atoms with Crippen molar-refractivity contribution in [3.05, 3.63) is 196 Å². The number of unbranched alkanes of at least 4 members (excludes halogenated alkanes) is 2. The number of likely N-dealkylation sites (tertiary alicyclic amines) is 2. The molecule has 6 aromatic rings. The maximum atomic E-state index is 14.2. The van der Waals surface area contributed by atoms with Gasteiger partial charge < -0.3 is 49.3 Å². The van der Waals surface area contributed by atoms with Gasteiger partial charge in [0.1, 0.15) is 24.8 Å². The Labute approximate surface area is 568 Å². The van der Waals surface area contributed by atoms with E-state index in [0.29, 0.717) is 120 Å². The van der Waals surface area contributed by atoms with Crippen LogP contribution in [0.4, 0.5) is 41.2 Å². The number of carbonyl (C=O) groups is 5. The second-order valence-electron chi connectivity index (χ2n) is 26.5. The minimum absolute atomic E-state index is 0.0287. The van der Waals surface area contributed by atoms with Gasteiger partial charge in [0, 0.05) is 108 Å². The number of fused-ring (bicyclic) bond motifs is 2. The van der Waals surface area contributed by atoms with Gasteiger partial charge in [-0.1, -0.05) is 103 Å². The standard InChI is InChI=1S/C75H87F7N8O8/c1-84(36-14-37-86(3)69(93)55-24-22-53(23-25-55)49-83-35-13-5-8-21-67(91)85(2)43-44-87-38-30-62(31-39-87)90(71(95)96)65-20-12-10-18-63(65)54-15-6-4-7-16-54)68(92)50-97-66-47-56-17-9-11-19-64(56)72(66)32-40-88(41-33-72)42-34-73(58-26-28-61(76)29-27-58)51-89(52-98-73)70(94)57-45-59(74(77,78)79)48-60(46-57)75(80,81)82/h4,6-7,9-12,15-20,22-29,45-46,48,62,66,83H,5,8,13-14,21,30-44,47,49-52H2,1-3H3,(H,95,96)/t66-,73-/m0/s1. The number of carboxylic acid groups (broad SMARTS) is 1. The van der Waals surface area contributed by atoms with Gasteiger partial charge in [0.15, 0.2) is 0 Å². The highest BCUT2D eigenvalue weighted by Crippen LogP contribution is 2.49. The Morgan fingerprint density at radius 3 is 1.98 bits per heavy atom. The van der Waals surface area contributed by atoms with Gasteiger partial charge in [0.25, 0.3) is 11.8 Å². The van der Waals surface area contributed by atoms with Crippen LogP contribution < -0.4 is 10.2 Å². The van der Waals surface area contributed by atoms with Crippen LogP contribution in [0, 0.1) is 5.82 Å². The van der Waals surface area contributed by atoms with Crippen LogP contribution >= 0.6 is 0 Å². The molecule has 3 saturated heterocycles. The molecule has 1 spiro atoms. The van der Waals surface area contributed by atoms with Crippen LogP contribution in [0.3, 0.4) is 0 Å². The predicted octanol–water partition coefficient (Wildman–Crippen LogP) is 12.6. The van der Waals surface area contributed by atoms with Gasteiger partial charge in [-0.15, -0.1) is 0 Å². The highest BCUT2D eigenvalue weighted by atomic mass is 19.4. The van der Waals surface area contributed by atoms with Crippen molar-refractivity contribution in [1.29, 1.82) is 0 Å². The molecule has 3 fully saturated rings. The lowest BCUT2D eigenvalue weighted by Crippen LogP contribution is -2.50. The second kappa shape index (κ2) is 32.2. The minimum Gasteiger partial charge on any atom is -0.465 e. The molecule has 16 nitrogen and oxygen atoms in total. The van der Waals surface area contributed by atoms with Crippen molar-refractivity contribution in [2.24, 2.45) is 0 Å². The number of piperidine rings is 2. The van der Waals surface area contributed by atoms with Crippen molar-refractivity contribution in [3.8, 4) is 11.1 Å². The molecule has 10 rings (SSSR count). The van der Waals surface area contributed by atoms with Crippen molar-refractivity contribution in [1.82, 2.24) is 34.7 Å². The van der Waals surface area contributed by atoms with E-state index in [9.17, 15) is 59.8 Å². The molecule has 0 saturated carbocycles. The van der Waals surface area contributed by atoms with E-state index >= 15 is 0 Å². The zero-order valence-electron chi connectivity index (χ0n) is 55.8. The summed E-state index contributed by atoms with van der Waals surface area (Å²) in [6, 6.07) is 39.3. The third kappa shape index (κ3) is 17.8. The van der Waals surface area contributed by atoms with Crippen molar-refractivity contribution >= 4 is 35.4 Å². The Kier molecular flexibility index (Phi) is 23.8. The summed E-state index contributed by atoms with van der Waals surface area (Å²) in [4.78, 5) is 78.8. The Hall–Kier alpha value is -8.22. The highest BCUT2D eigenvalue weighted by Gasteiger charge is 2.50. The molecule has 0 aromatic heterocycles. The van der Waals surface area contributed by atoms with Crippen molar-refractivity contribution in [2.45, 2.75) is 113 Å². The van der Waals surface area contributed by atoms with E-state index in [1.165, 1.54) is 29.2 Å². The molecule has 5 amide bonds. The maximum Gasteiger partial charge on any atom is 0.416 e. The first-order valence-electron chi connectivity index (χ1n) is 33.7. The molecule has 0 bridgehead atoms. The number of carbonyl (C=O) groups excluding carboxylic acids is 4. The number of likely N-dealkylation sites (N-methyl/N-ethyl adjacent to an activating group) is 2. The van der Waals surface area contributed by atoms with Crippen LogP contribution in [0.5, 0.6) is 0 Å². The average Bonchev–Trinajstić information content (AvgIpc) is 1.58. The monoisotopic (exact) mass is 1360 g/mol. The summed E-state index contributed by atoms with van der Waals surface area (Å²) in [5.74, 6) is -1.81. The Morgan fingerprint density at radius 1 is 0.663 bits per heavy atom. The fourth-order valence-corrected chi connectivity index (χ4v) is 14.3. The fourth-order valence-electron chi connectivity index (χ4n) is 14.3. The number of hydrogen-bond acceptors (Lipinski definition) is 10. The number of benzene rings is 6. The summed E-state index contributed by atoms with van der Waals surface area (Å²) in [5.41, 5.74) is 1.27. The molecule has 2 atom stereocenters. The van der Waals surface area contributed by atoms with E-state index in [4.69, 9.17) is 9.47 Å². The van der Waals surface area contributed by atoms with Crippen molar-refractivity contribution < 1.29 is 69.3 Å². The Morgan fingerprint density at radius 2 is 1.30 bits per heavy atom. The molecule has 3 heterocycles. The van der Waals surface area contributed by atoms with Crippen LogP contribution in [-0.2, 0) is 55.4 Å². The molecule has 0 radical (unpaired) electrons. The molecular weight excluding hydrogens is 1270 g/mol. The number of para-hydroxylation sites is 1. The molecule has 1 aliphatic carbocycles. The minimum atomic E-state index is -5.15. The van der Waals surface area contributed by atoms with Gasteiger partial charge in [-0.25, -0.2) is 9.18 Å². The summed E-state index contributed by atoms with van der Waals surface area (Å²) in [6.07, 6.45) is -4.31. The number of hydrogen-bond donors (Lipinski definition) is 2. The SMILES string of the molecule is CN(CCN1CCC(N(C(=O)O)c2ccccc2-c2ccccc2)CC1)C(=O)CCCCCNCc1ccc(C(=O)N(C)CCCN(C)C(=O)CO[C@H]2Cc3ccccc3C23CCN(CC[C@@]2(c4ccc(F)cc4)CN(C(=O)c4cc(C(F)(F)F)cc(C(F)(F)F)c4)CO2)CC3)cc1. The third-order valence-electron chi connectivity index (χ3n) is 20.1. The molecular formula is C75H87F7N8O8. The largest absolute Gasteiger partial charge is 0.465 e. The summed E-state index contributed by atoms with van der Waals surface area (Å²) >= 11 is 0. The highest BCUT2D eigenvalue weighted by molar-refractivity contribution is 5.96. The average molecular weight is 1360 g/mol. The number of ether oxygens (including phenoxy) is 2. The molecule has 0 unspecified atom stereocenters. The first-order valence-corrected chi connectivity index (χ1v) is 33.7. The first-order chi connectivity index (χ1) is 46.9. The number of anilines is 1. The molecule has 4 aliphatic rings. The van der Waals surface area contributed by atoms with Crippen LogP contribution in [0.15, 0.2) is 146 Å². The zero-order chi connectivity index (χ0) is 69.8. The van der Waals surface area contributed by atoms with E-state index in [2.05, 4.69) is 27.2 Å². The lowest BCUT2D eigenvalue weighted by molar-refractivity contribution is -0.143. The molecule has 98 heavy (non-hydrogen) atoms. The first kappa shape index (κ1) is 72.5. The third-order valence-corrected chi connectivity index (χ3v) is 20.1. The quantitative estimate of drug-likeness (QED) is 0.0373. The lowest BCUT2D eigenvalue weighted by atomic mass is 9.72. The molecule has 524 valence electrons. The van der Waals surface area contributed by atoms with E-state index in [0.717, 1.165) is 78.2 Å². The van der Waals surface area contributed by atoms with Crippen LogP contribution in [0.1, 0.15) is 118 Å². The zero-order valence-corrected chi connectivity index (χ0v) is 55.8. The fraction of sp³-hybridized carbons (Fsp3) is 0.453. The van der Waals surface area contributed by atoms with Crippen LogP contribution in [0.25, 0.3) is 11.1 Å². The summed E-state index contributed by atoms with van der Waals surface area (Å²) in [7, 11) is 5.31. The van der Waals surface area contributed by atoms with Gasteiger partial charge in [0.2, 0.25) is 11.8 Å². The number of amides is 5. The number of halogens is 7. The van der Waals surface area contributed by atoms with Gasteiger partial charge in [-0.3, -0.25) is 24.1 Å². The summed E-state index contributed by atoms with van der Waals surface area (Å²) in [5, 5.41) is 13.8. The van der Waals surface area contributed by atoms with Crippen LogP contribution in [-0.4, -0.2) is 183 Å². The topological polar surface area (TPSA) is 159 Å². The number of alkyl halides is 6. The van der Waals surface area contributed by atoms with E-state index in [1.54, 1.807) is 28.8 Å². The Balaban J connectivity index is 0.608. The second-order valence-corrected chi connectivity index (χ2v) is 26.5. The maximum absolute atomic E-state index is 14.2. The molecule has 23 heteroatoms. The van der Waals surface area contributed by atoms with E-state index in [1.807, 2.05) is 98.0 Å². The molecule has 3 aliphatic heterocycles. The normalized spacial score (nSPS) is 18.2. The van der Waals surface area contributed by atoms with Crippen molar-refractivity contribution in [2.75, 3.05) is 111 Å². The summed E-state index contributed by atoms with van der Waals surface area (Å²) < 4.78 is 110. The molecule has 2 N–H and O–H groups in total. The van der Waals surface area contributed by atoms with Gasteiger partial charge >= 0.3 is 18.4 Å². The van der Waals surface area contributed by atoms with Crippen molar-refractivity contribution in [3.63, 3.8) is 0 Å². The number of nitrogens with one attached hydrogen (secondary N) is 1. The van der Waals surface area contributed by atoms with E-state index < -0.39 is 64.6 Å². The number of rotatable bonds is 27. The van der Waals surface area contributed by atoms with Crippen LogP contribution in [0.2, 0.25) is 0 Å².